The Morgan fingerprint density at radius 1 is 0.707 bits per heavy atom. The second kappa shape index (κ2) is 16.2. The van der Waals surface area contributed by atoms with Crippen molar-refractivity contribution in [3.05, 3.63) is 122 Å². The molecule has 2 aromatic carbocycles. The maximum atomic E-state index is 14.6. The summed E-state index contributed by atoms with van der Waals surface area (Å²) >= 11 is 0. The molecule has 9 nitrogen and oxygen atoms in total. The van der Waals surface area contributed by atoms with E-state index in [0.717, 1.165) is 22.8 Å². The van der Waals surface area contributed by atoms with E-state index >= 15 is 0 Å². The van der Waals surface area contributed by atoms with Crippen molar-refractivity contribution in [1.29, 1.82) is 0 Å². The molecule has 0 aromatic heterocycles. The Hall–Kier alpha value is -3.32. The summed E-state index contributed by atoms with van der Waals surface area (Å²) in [5, 5.41) is 0. The van der Waals surface area contributed by atoms with E-state index in [0.29, 0.717) is 0 Å². The van der Waals surface area contributed by atoms with E-state index in [1.54, 1.807) is 0 Å². The van der Waals surface area contributed by atoms with Crippen molar-refractivity contribution < 1.29 is 32.5 Å². The zero-order valence-electron chi connectivity index (χ0n) is 23.5. The molecule has 0 radical (unpaired) electrons. The SMILES string of the molecule is C=CCN(C(Cc1ccccc1)C(=O)OC)P(=O)(C=C)OP(=O)(C=C)N(CC=C)C(Cc1ccccc1)C(=O)OC. The van der Waals surface area contributed by atoms with Crippen LogP contribution >= 0.6 is 15.0 Å². The van der Waals surface area contributed by atoms with Crippen LogP contribution in [-0.2, 0) is 45.3 Å². The van der Waals surface area contributed by atoms with Crippen molar-refractivity contribution in [3.8, 4) is 0 Å². The molecule has 220 valence electrons. The molecule has 0 N–H and O–H groups in total. The minimum atomic E-state index is -4.30. The summed E-state index contributed by atoms with van der Waals surface area (Å²) < 4.78 is 47.7. The van der Waals surface area contributed by atoms with Crippen LogP contribution in [0, 0.1) is 0 Å². The van der Waals surface area contributed by atoms with E-state index in [9.17, 15) is 18.7 Å². The third-order valence-corrected chi connectivity index (χ3v) is 11.4. The number of methoxy groups -OCH3 is 2. The summed E-state index contributed by atoms with van der Waals surface area (Å²) in [7, 11) is -6.16. The van der Waals surface area contributed by atoms with Crippen molar-refractivity contribution in [3.63, 3.8) is 0 Å². The maximum absolute atomic E-state index is 14.6. The van der Waals surface area contributed by atoms with Gasteiger partial charge in [0.25, 0.3) is 0 Å². The van der Waals surface area contributed by atoms with Crippen LogP contribution in [0.25, 0.3) is 0 Å². The van der Waals surface area contributed by atoms with Crippen molar-refractivity contribution in [1.82, 2.24) is 9.34 Å². The van der Waals surface area contributed by atoms with Crippen LogP contribution in [0.2, 0.25) is 0 Å². The van der Waals surface area contributed by atoms with Crippen LogP contribution in [0.15, 0.2) is 111 Å². The normalized spacial score (nSPS) is 15.5. The average molecular weight is 601 g/mol. The molecule has 2 rings (SSSR count). The van der Waals surface area contributed by atoms with Crippen molar-refractivity contribution in [2.45, 2.75) is 24.9 Å². The highest BCUT2D eigenvalue weighted by Crippen LogP contribution is 2.69. The van der Waals surface area contributed by atoms with Gasteiger partial charge in [0.15, 0.2) is 0 Å². The van der Waals surface area contributed by atoms with E-state index in [1.807, 2.05) is 60.7 Å². The molecule has 0 spiro atoms. The average Bonchev–Trinajstić information content (AvgIpc) is 3.00. The number of carbonyl (C=O) groups excluding carboxylic acids is 2. The number of esters is 2. The summed E-state index contributed by atoms with van der Waals surface area (Å²) in [4.78, 5) is 26.0. The van der Waals surface area contributed by atoms with E-state index in [-0.39, 0.29) is 25.9 Å². The highest BCUT2D eigenvalue weighted by atomic mass is 31.2. The molecule has 0 bridgehead atoms. The molecule has 4 unspecified atom stereocenters. The number of rotatable bonds is 18. The van der Waals surface area contributed by atoms with Gasteiger partial charge >= 0.3 is 27.0 Å². The minimum absolute atomic E-state index is 0.0983. The largest absolute Gasteiger partial charge is 0.468 e. The number of hydrogen-bond donors (Lipinski definition) is 0. The molecule has 0 amide bonds. The molecule has 0 aliphatic carbocycles. The lowest BCUT2D eigenvalue weighted by atomic mass is 10.1. The third-order valence-electron chi connectivity index (χ3n) is 6.25. The quantitative estimate of drug-likeness (QED) is 0.112. The first-order valence-electron chi connectivity index (χ1n) is 12.8. The molecule has 0 aliphatic rings. The van der Waals surface area contributed by atoms with E-state index in [4.69, 9.17) is 13.8 Å². The first-order chi connectivity index (χ1) is 19.6. The Labute approximate surface area is 242 Å². The van der Waals surface area contributed by atoms with Gasteiger partial charge in [-0.3, -0.25) is 18.7 Å². The fourth-order valence-electron chi connectivity index (χ4n) is 4.24. The van der Waals surface area contributed by atoms with Gasteiger partial charge in [-0.2, -0.15) is 0 Å². The highest BCUT2D eigenvalue weighted by molar-refractivity contribution is 7.72. The first kappa shape index (κ1) is 33.9. The van der Waals surface area contributed by atoms with Crippen LogP contribution in [0.4, 0.5) is 0 Å². The van der Waals surface area contributed by atoms with Gasteiger partial charge in [0.1, 0.15) is 12.1 Å². The lowest BCUT2D eigenvalue weighted by Crippen LogP contribution is -2.43. The molecule has 0 heterocycles. The standard InChI is InChI=1S/C30H38N2O7P2/c1-7-21-31(27(29(33)37-5)23-25-17-13-11-14-18-25)40(35,9-3)39-41(36,10-4)32(22-8-2)28(30(34)38-6)24-26-19-15-12-16-20-26/h7-20,27-28H,1-4,21-24H2,5-6H3. The van der Waals surface area contributed by atoms with Gasteiger partial charge < -0.3 is 9.47 Å². The summed E-state index contributed by atoms with van der Waals surface area (Å²) in [5.41, 5.74) is 1.53. The lowest BCUT2D eigenvalue weighted by Gasteiger charge is -2.39. The monoisotopic (exact) mass is 600 g/mol. The van der Waals surface area contributed by atoms with Crippen LogP contribution in [0.5, 0.6) is 0 Å². The molecule has 0 aliphatic heterocycles. The minimum Gasteiger partial charge on any atom is -0.468 e. The van der Waals surface area contributed by atoms with E-state index < -0.39 is 39.1 Å². The van der Waals surface area contributed by atoms with Crippen LogP contribution < -0.4 is 0 Å². The molecular formula is C30H38N2O7P2. The summed E-state index contributed by atoms with van der Waals surface area (Å²) in [5.74, 6) is 0.664. The second-order valence-corrected chi connectivity index (χ2v) is 13.5. The molecule has 0 saturated carbocycles. The molecule has 0 fully saturated rings. The van der Waals surface area contributed by atoms with Crippen LogP contribution in [0.1, 0.15) is 11.1 Å². The van der Waals surface area contributed by atoms with Crippen molar-refractivity contribution in [2.75, 3.05) is 27.3 Å². The number of carbonyl (C=O) groups is 2. The Bertz CT molecular complexity index is 1200. The zero-order valence-corrected chi connectivity index (χ0v) is 25.3. The summed E-state index contributed by atoms with van der Waals surface area (Å²) in [6.07, 6.45) is 3.09. The molecule has 11 heteroatoms. The Balaban J connectivity index is 2.62. The van der Waals surface area contributed by atoms with Gasteiger partial charge in [-0.1, -0.05) is 86.0 Å². The Morgan fingerprint density at radius 2 is 1.05 bits per heavy atom. The Morgan fingerprint density at radius 3 is 1.32 bits per heavy atom. The van der Waals surface area contributed by atoms with Gasteiger partial charge in [0.05, 0.1) is 14.2 Å². The smallest absolute Gasteiger partial charge is 0.323 e. The van der Waals surface area contributed by atoms with E-state index in [1.165, 1.54) is 35.7 Å². The number of benzene rings is 2. The second-order valence-electron chi connectivity index (χ2n) is 8.85. The van der Waals surface area contributed by atoms with Crippen LogP contribution in [0.3, 0.4) is 0 Å². The first-order valence-corrected chi connectivity index (χ1v) is 16.1. The van der Waals surface area contributed by atoms with Crippen LogP contribution in [-0.4, -0.2) is 60.7 Å². The molecule has 41 heavy (non-hydrogen) atoms. The fraction of sp³-hybridized carbons (Fsp3) is 0.267. The Kier molecular flexibility index (Phi) is 13.4. The van der Waals surface area contributed by atoms with Gasteiger partial charge in [0.2, 0.25) is 0 Å². The summed E-state index contributed by atoms with van der Waals surface area (Å²) in [6.45, 7) is 14.7. The maximum Gasteiger partial charge on any atom is 0.323 e. The predicted octanol–water partition coefficient (Wildman–Crippen LogP) is 6.22. The topological polar surface area (TPSA) is 102 Å². The predicted molar refractivity (Wildman–Crippen MR) is 162 cm³/mol. The molecule has 2 aromatic rings. The molecule has 0 saturated heterocycles. The zero-order chi connectivity index (χ0) is 30.5. The van der Waals surface area contributed by atoms with Crippen molar-refractivity contribution in [2.24, 2.45) is 0 Å². The molecular weight excluding hydrogens is 562 g/mol. The van der Waals surface area contributed by atoms with Gasteiger partial charge in [-0.05, 0) is 24.0 Å². The lowest BCUT2D eigenvalue weighted by molar-refractivity contribution is -0.145. The van der Waals surface area contributed by atoms with E-state index in [2.05, 4.69) is 26.3 Å². The number of hydrogen-bond acceptors (Lipinski definition) is 7. The van der Waals surface area contributed by atoms with Gasteiger partial charge in [0, 0.05) is 24.7 Å². The van der Waals surface area contributed by atoms with Gasteiger partial charge in [-0.25, -0.2) is 13.7 Å². The van der Waals surface area contributed by atoms with Crippen molar-refractivity contribution >= 4 is 27.0 Å². The number of nitrogens with zero attached hydrogens (tertiary/aromatic N) is 2. The number of ether oxygens (including phenoxy) is 2. The summed E-state index contributed by atoms with van der Waals surface area (Å²) in [6, 6.07) is 15.9. The van der Waals surface area contributed by atoms with Gasteiger partial charge in [-0.15, -0.1) is 13.2 Å². The molecule has 4 atom stereocenters. The highest BCUT2D eigenvalue weighted by Gasteiger charge is 2.47. The third kappa shape index (κ3) is 8.83. The fourth-order valence-corrected chi connectivity index (χ4v) is 9.10.